The van der Waals surface area contributed by atoms with Crippen LogP contribution in [0.15, 0.2) is 42.5 Å². The smallest absolute Gasteiger partial charge is 0.0974 e. The lowest BCUT2D eigenvalue weighted by molar-refractivity contribution is 0.113. The number of rotatable bonds is 2. The normalized spacial score (nSPS) is 18.8. The number of aromatic nitrogens is 2. The monoisotopic (exact) mass is 303 g/mol. The first kappa shape index (κ1) is 13.3. The van der Waals surface area contributed by atoms with Gasteiger partial charge in [-0.3, -0.25) is 10.00 Å². The van der Waals surface area contributed by atoms with Gasteiger partial charge >= 0.3 is 0 Å². The fraction of sp³-hybridized carbons (Fsp3) is 0.350. The molecule has 0 bridgehead atoms. The van der Waals surface area contributed by atoms with Crippen LogP contribution in [0.2, 0.25) is 0 Å². The highest BCUT2D eigenvalue weighted by Crippen LogP contribution is 2.35. The molecule has 0 unspecified atom stereocenters. The van der Waals surface area contributed by atoms with Crippen LogP contribution in [-0.4, -0.2) is 27.7 Å². The van der Waals surface area contributed by atoms with Crippen molar-refractivity contribution in [2.75, 3.05) is 6.54 Å². The summed E-state index contributed by atoms with van der Waals surface area (Å²) < 4.78 is 0. The van der Waals surface area contributed by atoms with E-state index in [1.54, 1.807) is 0 Å². The Morgan fingerprint density at radius 2 is 1.91 bits per heavy atom. The fourth-order valence-electron chi connectivity index (χ4n) is 4.03. The highest BCUT2D eigenvalue weighted by molar-refractivity contribution is 5.96. The van der Waals surface area contributed by atoms with Crippen molar-refractivity contribution in [1.29, 1.82) is 0 Å². The minimum absolute atomic E-state index is 0.804. The lowest BCUT2D eigenvalue weighted by Crippen LogP contribution is -2.42. The summed E-state index contributed by atoms with van der Waals surface area (Å²) in [6.07, 6.45) is 5.24. The highest BCUT2D eigenvalue weighted by Gasteiger charge is 2.30. The van der Waals surface area contributed by atoms with Crippen LogP contribution in [0.5, 0.6) is 0 Å². The average molecular weight is 303 g/mol. The van der Waals surface area contributed by atoms with E-state index in [4.69, 9.17) is 5.10 Å². The second-order valence-corrected chi connectivity index (χ2v) is 6.86. The van der Waals surface area contributed by atoms with Crippen LogP contribution in [0.3, 0.4) is 0 Å². The Balaban J connectivity index is 1.60. The molecule has 1 aliphatic carbocycles. The van der Waals surface area contributed by atoms with E-state index >= 15 is 0 Å². The van der Waals surface area contributed by atoms with E-state index in [0.29, 0.717) is 0 Å². The number of nitrogens with one attached hydrogen (secondary N) is 1. The number of H-pyrrole nitrogens is 1. The maximum atomic E-state index is 4.70. The number of nitrogens with zero attached hydrogens (tertiary/aromatic N) is 2. The first-order chi connectivity index (χ1) is 11.4. The van der Waals surface area contributed by atoms with Gasteiger partial charge < -0.3 is 0 Å². The van der Waals surface area contributed by atoms with Crippen molar-refractivity contribution in [3.8, 4) is 11.3 Å². The predicted octanol–water partition coefficient (Wildman–Crippen LogP) is 4.14. The third kappa shape index (κ3) is 2.11. The lowest BCUT2D eigenvalue weighted by Gasteiger charge is -2.39. The van der Waals surface area contributed by atoms with Crippen LogP contribution >= 0.6 is 0 Å². The van der Waals surface area contributed by atoms with Gasteiger partial charge in [-0.15, -0.1) is 0 Å². The van der Waals surface area contributed by atoms with Gasteiger partial charge in [0, 0.05) is 42.4 Å². The van der Waals surface area contributed by atoms with Gasteiger partial charge in [-0.05, 0) is 23.6 Å². The number of hydrogen-bond donors (Lipinski definition) is 1. The average Bonchev–Trinajstić information content (AvgIpc) is 2.96. The molecule has 0 atom stereocenters. The molecule has 0 saturated heterocycles. The molecule has 3 nitrogen and oxygen atoms in total. The van der Waals surface area contributed by atoms with E-state index in [1.165, 1.54) is 53.4 Å². The molecule has 2 aromatic carbocycles. The summed E-state index contributed by atoms with van der Waals surface area (Å²) in [5.74, 6) is 0. The van der Waals surface area contributed by atoms with Gasteiger partial charge in [0.25, 0.3) is 0 Å². The minimum atomic E-state index is 0.804. The van der Waals surface area contributed by atoms with Crippen molar-refractivity contribution in [1.82, 2.24) is 15.1 Å². The Kier molecular flexibility index (Phi) is 3.01. The van der Waals surface area contributed by atoms with Crippen LogP contribution in [-0.2, 0) is 13.0 Å². The van der Waals surface area contributed by atoms with Gasteiger partial charge in [-0.25, -0.2) is 0 Å². The third-order valence-electron chi connectivity index (χ3n) is 5.60. The molecule has 23 heavy (non-hydrogen) atoms. The quantitative estimate of drug-likeness (QED) is 0.771. The molecule has 0 spiro atoms. The Bertz CT molecular complexity index is 855. The molecule has 1 aromatic heterocycles. The largest absolute Gasteiger partial charge is 0.296 e. The van der Waals surface area contributed by atoms with E-state index in [0.717, 1.165) is 24.7 Å². The zero-order valence-electron chi connectivity index (χ0n) is 13.3. The zero-order chi connectivity index (χ0) is 15.2. The van der Waals surface area contributed by atoms with Crippen molar-refractivity contribution >= 4 is 10.8 Å². The molecule has 5 rings (SSSR count). The van der Waals surface area contributed by atoms with Crippen molar-refractivity contribution in [3.05, 3.63) is 53.7 Å². The number of fused-ring (bicyclic) bond motifs is 2. The molecule has 0 amide bonds. The molecule has 3 aromatic rings. The number of hydrogen-bond acceptors (Lipinski definition) is 2. The molecular weight excluding hydrogens is 282 g/mol. The standard InChI is InChI=1S/C20H21N3/c1-2-9-16-14(5-1)6-3-10-17(16)20-18-13-23(15-7-4-8-15)12-11-19(18)21-22-20/h1-3,5-6,9-10,15H,4,7-8,11-13H2,(H,21,22). The van der Waals surface area contributed by atoms with Crippen LogP contribution in [0.4, 0.5) is 0 Å². The first-order valence-electron chi connectivity index (χ1n) is 8.68. The summed E-state index contributed by atoms with van der Waals surface area (Å²) in [6, 6.07) is 15.9. The SMILES string of the molecule is c1ccc2c(-c3n[nH]c4c3CN(C3CCC3)CC4)cccc2c1. The Morgan fingerprint density at radius 3 is 2.78 bits per heavy atom. The van der Waals surface area contributed by atoms with Gasteiger partial charge in [0.15, 0.2) is 0 Å². The van der Waals surface area contributed by atoms with E-state index < -0.39 is 0 Å². The van der Waals surface area contributed by atoms with Crippen LogP contribution in [0.1, 0.15) is 30.5 Å². The van der Waals surface area contributed by atoms with E-state index in [2.05, 4.69) is 52.5 Å². The molecule has 1 aliphatic heterocycles. The molecular formula is C20H21N3. The van der Waals surface area contributed by atoms with Crippen molar-refractivity contribution in [2.45, 2.75) is 38.3 Å². The lowest BCUT2D eigenvalue weighted by atomic mass is 9.89. The number of aromatic amines is 1. The fourth-order valence-corrected chi connectivity index (χ4v) is 4.03. The summed E-state index contributed by atoms with van der Waals surface area (Å²) in [7, 11) is 0. The molecule has 2 aliphatic rings. The van der Waals surface area contributed by atoms with Gasteiger partial charge in [0.05, 0.1) is 5.69 Å². The van der Waals surface area contributed by atoms with Gasteiger partial charge in [0.1, 0.15) is 0 Å². The van der Waals surface area contributed by atoms with Crippen molar-refractivity contribution in [2.24, 2.45) is 0 Å². The molecule has 1 N–H and O–H groups in total. The molecule has 3 heteroatoms. The highest BCUT2D eigenvalue weighted by atomic mass is 15.2. The molecule has 116 valence electrons. The van der Waals surface area contributed by atoms with E-state index in [9.17, 15) is 0 Å². The summed E-state index contributed by atoms with van der Waals surface area (Å²) in [6.45, 7) is 2.23. The molecule has 1 saturated carbocycles. The first-order valence-corrected chi connectivity index (χ1v) is 8.68. The molecule has 2 heterocycles. The van der Waals surface area contributed by atoms with Crippen LogP contribution in [0, 0.1) is 0 Å². The number of benzene rings is 2. The van der Waals surface area contributed by atoms with Crippen LogP contribution in [0.25, 0.3) is 22.0 Å². The maximum Gasteiger partial charge on any atom is 0.0974 e. The summed E-state index contributed by atoms with van der Waals surface area (Å²) in [5, 5.41) is 10.6. The Hall–Kier alpha value is -2.13. The van der Waals surface area contributed by atoms with E-state index in [1.807, 2.05) is 0 Å². The second kappa shape index (κ2) is 5.20. The summed E-state index contributed by atoms with van der Waals surface area (Å²) >= 11 is 0. The summed E-state index contributed by atoms with van der Waals surface area (Å²) in [4.78, 5) is 2.66. The van der Waals surface area contributed by atoms with Gasteiger partial charge in [-0.2, -0.15) is 5.10 Å². The topological polar surface area (TPSA) is 31.9 Å². The third-order valence-corrected chi connectivity index (χ3v) is 5.60. The van der Waals surface area contributed by atoms with Crippen molar-refractivity contribution in [3.63, 3.8) is 0 Å². The van der Waals surface area contributed by atoms with Gasteiger partial charge in [0.2, 0.25) is 0 Å². The summed E-state index contributed by atoms with van der Waals surface area (Å²) in [5.41, 5.74) is 5.17. The van der Waals surface area contributed by atoms with Gasteiger partial charge in [-0.1, -0.05) is 48.9 Å². The molecule has 0 radical (unpaired) electrons. The Morgan fingerprint density at radius 1 is 1.04 bits per heavy atom. The maximum absolute atomic E-state index is 4.70. The zero-order valence-corrected chi connectivity index (χ0v) is 13.3. The van der Waals surface area contributed by atoms with Crippen LogP contribution < -0.4 is 0 Å². The molecule has 1 fully saturated rings. The predicted molar refractivity (Wildman–Crippen MR) is 93.3 cm³/mol. The van der Waals surface area contributed by atoms with E-state index in [-0.39, 0.29) is 0 Å². The second-order valence-electron chi connectivity index (χ2n) is 6.86. The Labute approximate surface area is 136 Å². The minimum Gasteiger partial charge on any atom is -0.296 e. The van der Waals surface area contributed by atoms with Crippen molar-refractivity contribution < 1.29 is 0 Å².